The monoisotopic (exact) mass is 437 g/mol. The van der Waals surface area contributed by atoms with Crippen LogP contribution in [0.15, 0.2) is 60.9 Å². The van der Waals surface area contributed by atoms with Crippen LogP contribution in [0.4, 0.5) is 0 Å². The van der Waals surface area contributed by atoms with Crippen molar-refractivity contribution in [1.82, 2.24) is 9.38 Å². The highest BCUT2D eigenvalue weighted by molar-refractivity contribution is 7.15. The van der Waals surface area contributed by atoms with Crippen molar-refractivity contribution in [2.75, 3.05) is 0 Å². The van der Waals surface area contributed by atoms with E-state index in [4.69, 9.17) is 22.1 Å². The Bertz CT molecular complexity index is 1230. The molecule has 5 nitrogen and oxygen atoms in total. The SMILES string of the molecule is NC(=O)Cc1sc(-c2cnc3ccccn23)cc1OC(c1ccccc1Cl)C1CC1. The molecular formula is C23H20ClN3O2S. The van der Waals surface area contributed by atoms with Crippen molar-refractivity contribution in [1.29, 1.82) is 0 Å². The number of imidazole rings is 1. The number of fused-ring (bicyclic) bond motifs is 1. The van der Waals surface area contributed by atoms with Gasteiger partial charge >= 0.3 is 0 Å². The van der Waals surface area contributed by atoms with E-state index in [9.17, 15) is 4.79 Å². The molecule has 1 aliphatic rings. The number of ether oxygens (including phenoxy) is 1. The molecule has 0 aliphatic heterocycles. The van der Waals surface area contributed by atoms with Crippen LogP contribution >= 0.6 is 22.9 Å². The predicted molar refractivity (Wildman–Crippen MR) is 119 cm³/mol. The van der Waals surface area contributed by atoms with Crippen LogP contribution in [-0.2, 0) is 11.2 Å². The van der Waals surface area contributed by atoms with Crippen molar-refractivity contribution < 1.29 is 9.53 Å². The lowest BCUT2D eigenvalue weighted by molar-refractivity contribution is -0.117. The first-order chi connectivity index (χ1) is 14.6. The molecule has 4 aromatic rings. The van der Waals surface area contributed by atoms with E-state index < -0.39 is 0 Å². The minimum absolute atomic E-state index is 0.136. The maximum Gasteiger partial charge on any atom is 0.222 e. The van der Waals surface area contributed by atoms with Gasteiger partial charge in [0.2, 0.25) is 5.91 Å². The fraction of sp³-hybridized carbons (Fsp3) is 0.217. The normalized spacial score (nSPS) is 14.7. The summed E-state index contributed by atoms with van der Waals surface area (Å²) in [6.07, 6.45) is 6.01. The van der Waals surface area contributed by atoms with Crippen LogP contribution in [0.25, 0.3) is 16.2 Å². The number of halogens is 1. The lowest BCUT2D eigenvalue weighted by atomic mass is 10.1. The van der Waals surface area contributed by atoms with Gasteiger partial charge in [-0.15, -0.1) is 11.3 Å². The minimum atomic E-state index is -0.382. The van der Waals surface area contributed by atoms with Crippen LogP contribution in [-0.4, -0.2) is 15.3 Å². The molecule has 0 saturated heterocycles. The zero-order valence-corrected chi connectivity index (χ0v) is 17.7. The number of amides is 1. The second-order valence-electron chi connectivity index (χ2n) is 7.51. The summed E-state index contributed by atoms with van der Waals surface area (Å²) in [5, 5.41) is 0.697. The highest BCUT2D eigenvalue weighted by Gasteiger charge is 2.36. The maximum atomic E-state index is 11.7. The molecule has 1 fully saturated rings. The lowest BCUT2D eigenvalue weighted by Crippen LogP contribution is -2.15. The number of benzene rings is 1. The summed E-state index contributed by atoms with van der Waals surface area (Å²) in [4.78, 5) is 18.0. The first kappa shape index (κ1) is 19.2. The summed E-state index contributed by atoms with van der Waals surface area (Å²) in [6.45, 7) is 0. The number of carbonyl (C=O) groups excluding carboxylic acids is 1. The number of pyridine rings is 1. The van der Waals surface area contributed by atoms with Gasteiger partial charge in [0.15, 0.2) is 0 Å². The summed E-state index contributed by atoms with van der Waals surface area (Å²) in [7, 11) is 0. The van der Waals surface area contributed by atoms with Crippen molar-refractivity contribution in [2.45, 2.75) is 25.4 Å². The summed E-state index contributed by atoms with van der Waals surface area (Å²) >= 11 is 7.98. The quantitative estimate of drug-likeness (QED) is 0.428. The Kier molecular flexibility index (Phi) is 4.97. The van der Waals surface area contributed by atoms with Gasteiger partial charge in [0, 0.05) is 28.8 Å². The zero-order chi connectivity index (χ0) is 20.7. The molecule has 0 spiro atoms. The Hall–Kier alpha value is -2.83. The third-order valence-electron chi connectivity index (χ3n) is 5.29. The van der Waals surface area contributed by atoms with Gasteiger partial charge < -0.3 is 10.5 Å². The van der Waals surface area contributed by atoms with Crippen LogP contribution in [0.5, 0.6) is 5.75 Å². The second-order valence-corrected chi connectivity index (χ2v) is 9.05. The van der Waals surface area contributed by atoms with E-state index in [-0.39, 0.29) is 18.4 Å². The van der Waals surface area contributed by atoms with E-state index in [0.29, 0.717) is 16.7 Å². The predicted octanol–water partition coefficient (Wildman–Crippen LogP) is 5.27. The van der Waals surface area contributed by atoms with Gasteiger partial charge in [-0.25, -0.2) is 4.98 Å². The molecule has 152 valence electrons. The van der Waals surface area contributed by atoms with Crippen molar-refractivity contribution in [2.24, 2.45) is 11.7 Å². The molecule has 3 aromatic heterocycles. The molecule has 1 aromatic carbocycles. The van der Waals surface area contributed by atoms with Crippen molar-refractivity contribution in [3.05, 3.63) is 76.4 Å². The second kappa shape index (κ2) is 7.78. The van der Waals surface area contributed by atoms with Crippen LogP contribution in [0.2, 0.25) is 5.02 Å². The van der Waals surface area contributed by atoms with Gasteiger partial charge in [0.1, 0.15) is 17.5 Å². The van der Waals surface area contributed by atoms with Gasteiger partial charge in [-0.05, 0) is 31.0 Å². The van der Waals surface area contributed by atoms with E-state index >= 15 is 0 Å². The maximum absolute atomic E-state index is 11.7. The van der Waals surface area contributed by atoms with E-state index in [1.165, 1.54) is 11.3 Å². The van der Waals surface area contributed by atoms with Crippen molar-refractivity contribution in [3.8, 4) is 16.3 Å². The molecule has 0 radical (unpaired) electrons. The summed E-state index contributed by atoms with van der Waals surface area (Å²) in [5.41, 5.74) is 8.33. The standard InChI is InChI=1S/C23H20ClN3O2S/c24-16-6-2-1-5-15(16)23(14-8-9-14)29-18-11-19(30-20(18)12-21(25)28)17-13-26-22-7-3-4-10-27(17)22/h1-7,10-11,13-14,23H,8-9,12H2,(H2,25,28). The van der Waals surface area contributed by atoms with Gasteiger partial charge in [-0.3, -0.25) is 9.20 Å². The number of hydrogen-bond donors (Lipinski definition) is 1. The fourth-order valence-electron chi connectivity index (χ4n) is 3.69. The number of nitrogens with zero attached hydrogens (tertiary/aromatic N) is 2. The van der Waals surface area contributed by atoms with Crippen molar-refractivity contribution in [3.63, 3.8) is 0 Å². The first-order valence-electron chi connectivity index (χ1n) is 9.84. The average Bonchev–Trinajstić information content (AvgIpc) is 3.37. The number of aromatic nitrogens is 2. The van der Waals surface area contributed by atoms with E-state index in [2.05, 4.69) is 4.98 Å². The molecular weight excluding hydrogens is 418 g/mol. The number of rotatable bonds is 7. The fourth-order valence-corrected chi connectivity index (χ4v) is 5.04. The Balaban J connectivity index is 1.55. The van der Waals surface area contributed by atoms with Gasteiger partial charge in [-0.1, -0.05) is 35.9 Å². The Morgan fingerprint density at radius 2 is 2.07 bits per heavy atom. The molecule has 7 heteroatoms. The summed E-state index contributed by atoms with van der Waals surface area (Å²) < 4.78 is 8.54. The molecule has 1 atom stereocenters. The number of nitrogens with two attached hydrogens (primary N) is 1. The highest BCUT2D eigenvalue weighted by Crippen LogP contribution is 2.47. The molecule has 30 heavy (non-hydrogen) atoms. The zero-order valence-electron chi connectivity index (χ0n) is 16.1. The largest absolute Gasteiger partial charge is 0.484 e. The Morgan fingerprint density at radius 3 is 2.83 bits per heavy atom. The van der Waals surface area contributed by atoms with Crippen LogP contribution in [0, 0.1) is 5.92 Å². The number of hydrogen-bond acceptors (Lipinski definition) is 4. The van der Waals surface area contributed by atoms with E-state index in [1.807, 2.05) is 65.3 Å². The molecule has 0 bridgehead atoms. The first-order valence-corrected chi connectivity index (χ1v) is 11.0. The van der Waals surface area contributed by atoms with Gasteiger partial charge in [0.25, 0.3) is 0 Å². The topological polar surface area (TPSA) is 69.6 Å². The molecule has 5 rings (SSSR count). The third kappa shape index (κ3) is 3.68. The van der Waals surface area contributed by atoms with Crippen LogP contribution < -0.4 is 10.5 Å². The molecule has 1 aliphatic carbocycles. The van der Waals surface area contributed by atoms with E-state index in [1.54, 1.807) is 0 Å². The summed E-state index contributed by atoms with van der Waals surface area (Å²) in [5.74, 6) is 0.731. The number of carbonyl (C=O) groups is 1. The van der Waals surface area contributed by atoms with Gasteiger partial charge in [0.05, 0.1) is 28.1 Å². The summed E-state index contributed by atoms with van der Waals surface area (Å²) in [6, 6.07) is 15.7. The smallest absolute Gasteiger partial charge is 0.222 e. The molecule has 1 amide bonds. The number of thiophene rings is 1. The minimum Gasteiger partial charge on any atom is -0.484 e. The molecule has 2 N–H and O–H groups in total. The van der Waals surface area contributed by atoms with Gasteiger partial charge in [-0.2, -0.15) is 0 Å². The molecule has 1 unspecified atom stereocenters. The van der Waals surface area contributed by atoms with Crippen LogP contribution in [0.3, 0.4) is 0 Å². The average molecular weight is 438 g/mol. The van der Waals surface area contributed by atoms with E-state index in [0.717, 1.165) is 39.5 Å². The lowest BCUT2D eigenvalue weighted by Gasteiger charge is -2.20. The molecule has 3 heterocycles. The van der Waals surface area contributed by atoms with Crippen LogP contribution in [0.1, 0.15) is 29.4 Å². The highest BCUT2D eigenvalue weighted by atomic mass is 35.5. The Morgan fingerprint density at radius 1 is 1.27 bits per heavy atom. The Labute approximate surface area is 183 Å². The number of primary amides is 1. The molecule has 1 saturated carbocycles. The van der Waals surface area contributed by atoms with Crippen molar-refractivity contribution >= 4 is 34.5 Å². The third-order valence-corrected chi connectivity index (χ3v) is 6.77.